The number of nitrogens with zero attached hydrogens (tertiary/aromatic N) is 3. The van der Waals surface area contributed by atoms with Gasteiger partial charge in [0.15, 0.2) is 0 Å². The predicted molar refractivity (Wildman–Crippen MR) is 139 cm³/mol. The van der Waals surface area contributed by atoms with E-state index >= 15 is 0 Å². The van der Waals surface area contributed by atoms with Gasteiger partial charge in [-0.25, -0.2) is 13.8 Å². The molecule has 13 heteroatoms. The lowest BCUT2D eigenvalue weighted by atomic mass is 10.1. The molecule has 1 aromatic heterocycles. The average Bonchev–Trinajstić information content (AvgIpc) is 3.12. The molecule has 3 aromatic rings. The normalized spacial score (nSPS) is 16.5. The molecule has 206 valence electrons. The van der Waals surface area contributed by atoms with Crippen LogP contribution in [0.4, 0.5) is 39.3 Å². The Morgan fingerprint density at radius 2 is 1.82 bits per heavy atom. The molecule has 0 aliphatic carbocycles. The molecule has 0 bridgehead atoms. The highest BCUT2D eigenvalue weighted by molar-refractivity contribution is 6.34. The van der Waals surface area contributed by atoms with Crippen LogP contribution in [0.1, 0.15) is 31.7 Å². The molecular weight excluding hydrogens is 552 g/mol. The van der Waals surface area contributed by atoms with Crippen molar-refractivity contribution in [2.75, 3.05) is 23.3 Å². The third kappa shape index (κ3) is 6.09. The highest BCUT2D eigenvalue weighted by Crippen LogP contribution is 2.37. The number of piperidine rings is 1. The lowest BCUT2D eigenvalue weighted by molar-refractivity contribution is -0.183. The Balaban J connectivity index is 1.53. The predicted octanol–water partition coefficient (Wildman–Crippen LogP) is 7.06. The van der Waals surface area contributed by atoms with Crippen molar-refractivity contribution in [3.63, 3.8) is 0 Å². The van der Waals surface area contributed by atoms with Crippen molar-refractivity contribution in [3.8, 4) is 0 Å². The van der Waals surface area contributed by atoms with Gasteiger partial charge < -0.3 is 20.1 Å². The zero-order valence-corrected chi connectivity index (χ0v) is 22.1. The van der Waals surface area contributed by atoms with Crippen molar-refractivity contribution >= 4 is 57.5 Å². The van der Waals surface area contributed by atoms with Crippen LogP contribution in [-0.2, 0) is 18.4 Å². The van der Waals surface area contributed by atoms with E-state index in [1.165, 1.54) is 6.92 Å². The first-order valence-corrected chi connectivity index (χ1v) is 12.7. The summed E-state index contributed by atoms with van der Waals surface area (Å²) in [4.78, 5) is 18.4. The van der Waals surface area contributed by atoms with E-state index in [2.05, 4.69) is 15.6 Å². The SMILES string of the molecule is CCC(C(=O)NCc1ccc(Cl)c(Nc2nc3cc(Cl)c(N4CCC(F)(F)CC4)cc3n2C)c1)C(F)(F)F. The monoisotopic (exact) mass is 577 g/mol. The van der Waals surface area contributed by atoms with Crippen molar-refractivity contribution in [1.29, 1.82) is 0 Å². The van der Waals surface area contributed by atoms with E-state index in [-0.39, 0.29) is 38.9 Å². The van der Waals surface area contributed by atoms with Gasteiger partial charge in [0.05, 0.1) is 32.5 Å². The number of benzene rings is 2. The van der Waals surface area contributed by atoms with E-state index in [0.29, 0.717) is 44.0 Å². The number of imidazole rings is 1. The standard InChI is InChI=1S/C25H26Cl2F5N5O/c1-3-15(25(30,31)32)22(38)33-13-14-4-5-16(26)18(10-14)34-23-35-19-11-17(27)20(12-21(19)36(23)2)37-8-6-24(28,29)7-9-37/h4-5,10-12,15H,3,6-9,13H2,1-2H3,(H,33,38)(H,34,35). The summed E-state index contributed by atoms with van der Waals surface area (Å²) in [7, 11) is 1.76. The molecular formula is C25H26Cl2F5N5O. The van der Waals surface area contributed by atoms with Gasteiger partial charge in [-0.2, -0.15) is 13.2 Å². The van der Waals surface area contributed by atoms with Crippen LogP contribution in [0, 0.1) is 5.92 Å². The molecule has 0 radical (unpaired) electrons. The summed E-state index contributed by atoms with van der Waals surface area (Å²) in [6.07, 6.45) is -5.46. The van der Waals surface area contributed by atoms with Crippen molar-refractivity contribution in [3.05, 3.63) is 45.9 Å². The fraction of sp³-hybridized carbons (Fsp3) is 0.440. The lowest BCUT2D eigenvalue weighted by Gasteiger charge is -2.33. The third-order valence-electron chi connectivity index (χ3n) is 6.65. The summed E-state index contributed by atoms with van der Waals surface area (Å²) in [5, 5.41) is 6.18. The van der Waals surface area contributed by atoms with Crippen LogP contribution in [0.5, 0.6) is 0 Å². The minimum absolute atomic E-state index is 0.117. The first-order valence-electron chi connectivity index (χ1n) is 12.0. The largest absolute Gasteiger partial charge is 0.400 e. The van der Waals surface area contributed by atoms with Gasteiger partial charge in [-0.15, -0.1) is 0 Å². The maximum absolute atomic E-state index is 13.6. The fourth-order valence-electron chi connectivity index (χ4n) is 4.41. The second-order valence-corrected chi connectivity index (χ2v) is 10.1. The molecule has 0 saturated carbocycles. The summed E-state index contributed by atoms with van der Waals surface area (Å²) in [5.74, 6) is -5.44. The van der Waals surface area contributed by atoms with Crippen LogP contribution in [0.3, 0.4) is 0 Å². The minimum atomic E-state index is -4.62. The van der Waals surface area contributed by atoms with Crippen LogP contribution in [0.15, 0.2) is 30.3 Å². The molecule has 38 heavy (non-hydrogen) atoms. The quantitative estimate of drug-likeness (QED) is 0.295. The van der Waals surface area contributed by atoms with Gasteiger partial charge in [0.1, 0.15) is 5.92 Å². The number of carbonyl (C=O) groups excluding carboxylic acids is 1. The smallest absolute Gasteiger partial charge is 0.370 e. The molecule has 1 aliphatic rings. The number of aromatic nitrogens is 2. The molecule has 2 aromatic carbocycles. The molecule has 0 spiro atoms. The highest BCUT2D eigenvalue weighted by Gasteiger charge is 2.43. The Labute approximate surface area is 226 Å². The van der Waals surface area contributed by atoms with Crippen LogP contribution in [0.2, 0.25) is 10.0 Å². The number of fused-ring (bicyclic) bond motifs is 1. The van der Waals surface area contributed by atoms with E-state index in [0.717, 1.165) is 0 Å². The highest BCUT2D eigenvalue weighted by atomic mass is 35.5. The average molecular weight is 578 g/mol. The van der Waals surface area contributed by atoms with Gasteiger partial charge in [0, 0.05) is 39.5 Å². The zero-order chi connectivity index (χ0) is 27.8. The van der Waals surface area contributed by atoms with Crippen LogP contribution >= 0.6 is 23.2 Å². The van der Waals surface area contributed by atoms with E-state index in [1.54, 1.807) is 41.9 Å². The molecule has 2 heterocycles. The molecule has 1 amide bonds. The number of anilines is 3. The van der Waals surface area contributed by atoms with Gasteiger partial charge in [0.2, 0.25) is 11.9 Å². The Kier molecular flexibility index (Phi) is 7.99. The van der Waals surface area contributed by atoms with Crippen molar-refractivity contribution in [2.45, 2.75) is 44.8 Å². The number of amides is 1. The van der Waals surface area contributed by atoms with Gasteiger partial charge in [-0.1, -0.05) is 36.2 Å². The zero-order valence-electron chi connectivity index (χ0n) is 20.6. The van der Waals surface area contributed by atoms with Gasteiger partial charge >= 0.3 is 6.18 Å². The number of halogens is 7. The molecule has 2 N–H and O–H groups in total. The van der Waals surface area contributed by atoms with Gasteiger partial charge in [-0.05, 0) is 36.2 Å². The summed E-state index contributed by atoms with van der Waals surface area (Å²) < 4.78 is 68.1. The minimum Gasteiger partial charge on any atom is -0.370 e. The van der Waals surface area contributed by atoms with Crippen LogP contribution < -0.4 is 15.5 Å². The van der Waals surface area contributed by atoms with E-state index in [9.17, 15) is 26.7 Å². The van der Waals surface area contributed by atoms with E-state index < -0.39 is 23.9 Å². The third-order valence-corrected chi connectivity index (χ3v) is 7.28. The molecule has 1 saturated heterocycles. The van der Waals surface area contributed by atoms with Crippen molar-refractivity contribution in [1.82, 2.24) is 14.9 Å². The first kappa shape index (κ1) is 28.2. The topological polar surface area (TPSA) is 62.2 Å². The van der Waals surface area contributed by atoms with E-state index in [4.69, 9.17) is 23.2 Å². The van der Waals surface area contributed by atoms with Gasteiger partial charge in [0.25, 0.3) is 5.92 Å². The maximum atomic E-state index is 13.6. The van der Waals surface area contributed by atoms with E-state index in [1.807, 2.05) is 4.90 Å². The Morgan fingerprint density at radius 3 is 2.45 bits per heavy atom. The van der Waals surface area contributed by atoms with Gasteiger partial charge in [-0.3, -0.25) is 4.79 Å². The summed E-state index contributed by atoms with van der Waals surface area (Å²) in [6.45, 7) is 1.55. The Morgan fingerprint density at radius 1 is 1.13 bits per heavy atom. The molecule has 6 nitrogen and oxygen atoms in total. The molecule has 1 aliphatic heterocycles. The number of hydrogen-bond donors (Lipinski definition) is 2. The Hall–Kier alpha value is -2.79. The summed E-state index contributed by atoms with van der Waals surface area (Å²) in [6, 6.07) is 8.25. The van der Waals surface area contributed by atoms with Crippen molar-refractivity contribution in [2.24, 2.45) is 13.0 Å². The number of hydrogen-bond acceptors (Lipinski definition) is 4. The molecule has 1 fully saturated rings. The van der Waals surface area contributed by atoms with Crippen LogP contribution in [-0.4, -0.2) is 40.6 Å². The second kappa shape index (κ2) is 10.8. The second-order valence-electron chi connectivity index (χ2n) is 9.29. The molecule has 4 rings (SSSR count). The lowest BCUT2D eigenvalue weighted by Crippen LogP contribution is -2.39. The number of alkyl halides is 5. The number of nitrogens with one attached hydrogen (secondary N) is 2. The van der Waals surface area contributed by atoms with Crippen molar-refractivity contribution < 1.29 is 26.7 Å². The number of carbonyl (C=O) groups is 1. The summed E-state index contributed by atoms with van der Waals surface area (Å²) >= 11 is 12.8. The molecule has 1 atom stereocenters. The summed E-state index contributed by atoms with van der Waals surface area (Å²) in [5.41, 5.74) is 2.90. The first-order chi connectivity index (χ1) is 17.8. The molecule has 1 unspecified atom stereocenters. The maximum Gasteiger partial charge on any atom is 0.400 e. The van der Waals surface area contributed by atoms with Crippen LogP contribution in [0.25, 0.3) is 11.0 Å². The number of rotatable bonds is 7. The fourth-order valence-corrected chi connectivity index (χ4v) is 4.85. The Bertz CT molecular complexity index is 1330. The number of aryl methyl sites for hydroxylation is 1.